The molecule has 0 fully saturated rings. The van der Waals surface area contributed by atoms with Crippen LogP contribution in [0.1, 0.15) is 28.6 Å². The Balaban J connectivity index is 2.93. The van der Waals surface area contributed by atoms with Crippen LogP contribution < -0.4 is 5.73 Å². The van der Waals surface area contributed by atoms with E-state index in [1.165, 1.54) is 6.07 Å². The van der Waals surface area contributed by atoms with Crippen molar-refractivity contribution < 1.29 is 25.2 Å². The lowest BCUT2D eigenvalue weighted by Crippen LogP contribution is -2.20. The second-order valence-electron chi connectivity index (χ2n) is 3.54. The predicted molar refractivity (Wildman–Crippen MR) is 58.3 cm³/mol. The van der Waals surface area contributed by atoms with Crippen molar-refractivity contribution in [3.63, 3.8) is 0 Å². The van der Waals surface area contributed by atoms with Gasteiger partial charge < -0.3 is 26.2 Å². The number of carboxylic acid groups (broad SMARTS) is 1. The van der Waals surface area contributed by atoms with Gasteiger partial charge in [0.2, 0.25) is 0 Å². The molecule has 0 bridgehead atoms. The molecule has 0 saturated heterocycles. The molecule has 0 aliphatic heterocycles. The molecule has 0 aliphatic carbocycles. The minimum atomic E-state index is -1.26. The average Bonchev–Trinajstić information content (AvgIpc) is 2.27. The second-order valence-corrected chi connectivity index (χ2v) is 3.54. The SMILES string of the molecule is Nc1cc(C(O)C(O)CCO)cnc1C(=O)O. The zero-order chi connectivity index (χ0) is 13.0. The van der Waals surface area contributed by atoms with Crippen molar-refractivity contribution in [1.82, 2.24) is 4.98 Å². The van der Waals surface area contributed by atoms with Gasteiger partial charge in [-0.15, -0.1) is 0 Å². The fraction of sp³-hybridized carbons (Fsp3) is 0.400. The maximum Gasteiger partial charge on any atom is 0.356 e. The van der Waals surface area contributed by atoms with Crippen LogP contribution in [0.3, 0.4) is 0 Å². The predicted octanol–water partition coefficient (Wildman–Crippen LogP) is -0.861. The van der Waals surface area contributed by atoms with Gasteiger partial charge in [0.25, 0.3) is 0 Å². The molecule has 0 aliphatic rings. The molecule has 0 spiro atoms. The number of carboxylic acids is 1. The van der Waals surface area contributed by atoms with Gasteiger partial charge in [-0.3, -0.25) is 0 Å². The van der Waals surface area contributed by atoms with Gasteiger partial charge in [-0.05, 0) is 12.5 Å². The molecule has 17 heavy (non-hydrogen) atoms. The van der Waals surface area contributed by atoms with Crippen molar-refractivity contribution in [1.29, 1.82) is 0 Å². The molecule has 1 heterocycles. The van der Waals surface area contributed by atoms with Crippen molar-refractivity contribution in [3.8, 4) is 0 Å². The van der Waals surface area contributed by atoms with E-state index in [1.807, 2.05) is 0 Å². The highest BCUT2D eigenvalue weighted by atomic mass is 16.4. The van der Waals surface area contributed by atoms with Crippen LogP contribution in [0.25, 0.3) is 0 Å². The summed E-state index contributed by atoms with van der Waals surface area (Å²) in [7, 11) is 0. The molecule has 0 aromatic carbocycles. The number of aromatic carboxylic acids is 1. The van der Waals surface area contributed by atoms with E-state index in [9.17, 15) is 15.0 Å². The fourth-order valence-corrected chi connectivity index (χ4v) is 1.35. The Morgan fingerprint density at radius 1 is 1.47 bits per heavy atom. The summed E-state index contributed by atoms with van der Waals surface area (Å²) >= 11 is 0. The summed E-state index contributed by atoms with van der Waals surface area (Å²) in [5, 5.41) is 36.4. The largest absolute Gasteiger partial charge is 0.476 e. The third-order valence-electron chi connectivity index (χ3n) is 2.27. The van der Waals surface area contributed by atoms with E-state index in [1.54, 1.807) is 0 Å². The van der Waals surface area contributed by atoms with Gasteiger partial charge >= 0.3 is 5.97 Å². The van der Waals surface area contributed by atoms with Gasteiger partial charge in [0, 0.05) is 18.4 Å². The van der Waals surface area contributed by atoms with E-state index < -0.39 is 18.2 Å². The third-order valence-corrected chi connectivity index (χ3v) is 2.27. The topological polar surface area (TPSA) is 137 Å². The maximum atomic E-state index is 10.7. The summed E-state index contributed by atoms with van der Waals surface area (Å²) in [5.74, 6) is -1.26. The Morgan fingerprint density at radius 3 is 2.59 bits per heavy atom. The number of nitrogens with zero attached hydrogens (tertiary/aromatic N) is 1. The quantitative estimate of drug-likeness (QED) is 0.453. The minimum absolute atomic E-state index is 0.00174. The van der Waals surface area contributed by atoms with E-state index in [0.717, 1.165) is 6.20 Å². The monoisotopic (exact) mass is 242 g/mol. The first-order valence-corrected chi connectivity index (χ1v) is 4.93. The van der Waals surface area contributed by atoms with E-state index in [2.05, 4.69) is 4.98 Å². The third kappa shape index (κ3) is 3.13. The summed E-state index contributed by atoms with van der Waals surface area (Å²) < 4.78 is 0. The van der Waals surface area contributed by atoms with Gasteiger partial charge in [0.1, 0.15) is 6.10 Å². The van der Waals surface area contributed by atoms with Crippen molar-refractivity contribution in [2.24, 2.45) is 0 Å². The lowest BCUT2D eigenvalue weighted by molar-refractivity contribution is 0.00406. The molecular weight excluding hydrogens is 228 g/mol. The molecule has 7 nitrogen and oxygen atoms in total. The number of carbonyl (C=O) groups is 1. The molecule has 0 radical (unpaired) electrons. The van der Waals surface area contributed by atoms with E-state index in [0.29, 0.717) is 0 Å². The Morgan fingerprint density at radius 2 is 2.12 bits per heavy atom. The van der Waals surface area contributed by atoms with Crippen LogP contribution in [0.4, 0.5) is 5.69 Å². The number of nitrogen functional groups attached to an aromatic ring is 1. The number of hydrogen-bond donors (Lipinski definition) is 5. The molecule has 2 atom stereocenters. The van der Waals surface area contributed by atoms with Crippen LogP contribution in [0.5, 0.6) is 0 Å². The van der Waals surface area contributed by atoms with Gasteiger partial charge in [-0.2, -0.15) is 0 Å². The molecule has 6 N–H and O–H groups in total. The van der Waals surface area contributed by atoms with E-state index >= 15 is 0 Å². The Kier molecular flexibility index (Phi) is 4.38. The molecule has 0 saturated carbocycles. The van der Waals surface area contributed by atoms with Crippen molar-refractivity contribution >= 4 is 11.7 Å². The number of aliphatic hydroxyl groups excluding tert-OH is 3. The van der Waals surface area contributed by atoms with Crippen molar-refractivity contribution in [2.75, 3.05) is 12.3 Å². The average molecular weight is 242 g/mol. The second kappa shape index (κ2) is 5.58. The number of aliphatic hydroxyl groups is 3. The smallest absolute Gasteiger partial charge is 0.356 e. The van der Waals surface area contributed by atoms with E-state index in [-0.39, 0.29) is 30.0 Å². The summed E-state index contributed by atoms with van der Waals surface area (Å²) in [6.07, 6.45) is -1.29. The fourth-order valence-electron chi connectivity index (χ4n) is 1.35. The number of nitrogens with two attached hydrogens (primary N) is 1. The van der Waals surface area contributed by atoms with Crippen LogP contribution in [-0.2, 0) is 0 Å². The number of pyridine rings is 1. The summed E-state index contributed by atoms with van der Waals surface area (Å²) in [5.41, 5.74) is 5.25. The maximum absolute atomic E-state index is 10.7. The number of hydrogen-bond acceptors (Lipinski definition) is 6. The van der Waals surface area contributed by atoms with Gasteiger partial charge in [0.05, 0.1) is 11.8 Å². The lowest BCUT2D eigenvalue weighted by atomic mass is 10.0. The van der Waals surface area contributed by atoms with Gasteiger partial charge in [0.15, 0.2) is 5.69 Å². The lowest BCUT2D eigenvalue weighted by Gasteiger charge is -2.17. The first-order chi connectivity index (χ1) is 7.97. The molecule has 1 aromatic rings. The highest BCUT2D eigenvalue weighted by molar-refractivity contribution is 5.91. The Labute approximate surface area is 97.2 Å². The van der Waals surface area contributed by atoms with Crippen molar-refractivity contribution in [2.45, 2.75) is 18.6 Å². The zero-order valence-corrected chi connectivity index (χ0v) is 8.95. The molecule has 1 rings (SSSR count). The number of anilines is 1. The normalized spacial score (nSPS) is 14.3. The minimum Gasteiger partial charge on any atom is -0.476 e. The number of aromatic nitrogens is 1. The standard InChI is InChI=1S/C10H14N2O5/c11-6-3-5(4-12-8(6)10(16)17)9(15)7(14)1-2-13/h3-4,7,9,13-15H,1-2,11H2,(H,16,17). The van der Waals surface area contributed by atoms with E-state index in [4.69, 9.17) is 15.9 Å². The summed E-state index contributed by atoms with van der Waals surface area (Å²) in [6, 6.07) is 1.24. The highest BCUT2D eigenvalue weighted by Crippen LogP contribution is 2.21. The number of rotatable bonds is 5. The first-order valence-electron chi connectivity index (χ1n) is 4.93. The molecule has 94 valence electrons. The Bertz CT molecular complexity index is 410. The highest BCUT2D eigenvalue weighted by Gasteiger charge is 2.20. The summed E-state index contributed by atoms with van der Waals surface area (Å²) in [4.78, 5) is 14.2. The molecule has 7 heteroatoms. The van der Waals surface area contributed by atoms with Crippen LogP contribution in [0.15, 0.2) is 12.3 Å². The Hall–Kier alpha value is -1.70. The molecule has 0 amide bonds. The molecular formula is C10H14N2O5. The van der Waals surface area contributed by atoms with Gasteiger partial charge in [-0.25, -0.2) is 9.78 Å². The van der Waals surface area contributed by atoms with Crippen molar-refractivity contribution in [3.05, 3.63) is 23.5 Å². The summed E-state index contributed by atoms with van der Waals surface area (Å²) in [6.45, 7) is -0.269. The van der Waals surface area contributed by atoms with Gasteiger partial charge in [-0.1, -0.05) is 0 Å². The molecule has 1 aromatic heterocycles. The first kappa shape index (κ1) is 13.4. The van der Waals surface area contributed by atoms with Crippen LogP contribution in [-0.4, -0.2) is 44.1 Å². The van der Waals surface area contributed by atoms with Crippen LogP contribution in [0.2, 0.25) is 0 Å². The van der Waals surface area contributed by atoms with Crippen LogP contribution in [0, 0.1) is 0 Å². The molecule has 2 unspecified atom stereocenters. The van der Waals surface area contributed by atoms with Crippen LogP contribution >= 0.6 is 0 Å². The zero-order valence-electron chi connectivity index (χ0n) is 8.95.